The lowest BCUT2D eigenvalue weighted by Crippen LogP contribution is -2.38. The van der Waals surface area contributed by atoms with Crippen LogP contribution in [0.3, 0.4) is 0 Å². The number of nitrogens with zero attached hydrogens (tertiary/aromatic N) is 3. The molecule has 0 saturated carbocycles. The minimum absolute atomic E-state index is 0.0361. The molecule has 1 unspecified atom stereocenters. The zero-order chi connectivity index (χ0) is 13.5. The molecule has 2 heterocycles. The first-order chi connectivity index (χ1) is 8.35. The Hall–Kier alpha value is -0.920. The molecule has 1 fully saturated rings. The molecule has 1 N–H and O–H groups in total. The van der Waals surface area contributed by atoms with Crippen molar-refractivity contribution in [3.63, 3.8) is 0 Å². The Balaban J connectivity index is 2.41. The van der Waals surface area contributed by atoms with Gasteiger partial charge in [0.15, 0.2) is 0 Å². The van der Waals surface area contributed by atoms with Gasteiger partial charge in [-0.3, -0.25) is 4.68 Å². The first-order valence-corrected chi connectivity index (χ1v) is 7.48. The van der Waals surface area contributed by atoms with Crippen LogP contribution in [0.25, 0.3) is 0 Å². The fourth-order valence-corrected chi connectivity index (χ4v) is 4.20. The average Bonchev–Trinajstić information content (AvgIpc) is 2.87. The summed E-state index contributed by atoms with van der Waals surface area (Å²) in [6.07, 6.45) is 0.855. The van der Waals surface area contributed by atoms with Crippen molar-refractivity contribution in [3.05, 3.63) is 11.4 Å². The molecule has 2 rings (SSSR count). The third-order valence-corrected chi connectivity index (χ3v) is 5.79. The van der Waals surface area contributed by atoms with E-state index in [1.54, 1.807) is 32.6 Å². The Morgan fingerprint density at radius 3 is 2.56 bits per heavy atom. The first-order valence-electron chi connectivity index (χ1n) is 6.04. The van der Waals surface area contributed by atoms with E-state index in [1.165, 1.54) is 4.31 Å². The molecule has 0 aliphatic carbocycles. The SMILES string of the molecule is Cc1nn(C)c(C)c1S(=O)(=O)N(C)C1CCNC1. The Bertz CT molecular complexity index is 544. The number of rotatable bonds is 3. The van der Waals surface area contributed by atoms with Gasteiger partial charge >= 0.3 is 0 Å². The number of aryl methyl sites for hydroxylation is 2. The van der Waals surface area contributed by atoms with Crippen LogP contribution < -0.4 is 5.32 Å². The zero-order valence-electron chi connectivity index (χ0n) is 11.3. The van der Waals surface area contributed by atoms with Crippen molar-refractivity contribution >= 4 is 10.0 Å². The molecule has 7 heteroatoms. The van der Waals surface area contributed by atoms with Gasteiger partial charge in [-0.25, -0.2) is 8.42 Å². The second kappa shape index (κ2) is 4.64. The number of nitrogens with one attached hydrogen (secondary N) is 1. The van der Waals surface area contributed by atoms with Gasteiger partial charge in [-0.1, -0.05) is 0 Å². The minimum Gasteiger partial charge on any atom is -0.315 e. The van der Waals surface area contributed by atoms with Gasteiger partial charge in [-0.05, 0) is 26.8 Å². The van der Waals surface area contributed by atoms with E-state index in [0.29, 0.717) is 22.8 Å². The van der Waals surface area contributed by atoms with Crippen LogP contribution in [-0.4, -0.2) is 48.7 Å². The number of sulfonamides is 1. The summed E-state index contributed by atoms with van der Waals surface area (Å²) >= 11 is 0. The lowest BCUT2D eigenvalue weighted by molar-refractivity contribution is 0.387. The van der Waals surface area contributed by atoms with Crippen LogP contribution in [0.15, 0.2) is 4.90 Å². The van der Waals surface area contributed by atoms with E-state index >= 15 is 0 Å². The summed E-state index contributed by atoms with van der Waals surface area (Å²) in [5.41, 5.74) is 1.25. The minimum atomic E-state index is -3.45. The summed E-state index contributed by atoms with van der Waals surface area (Å²) in [4.78, 5) is 0.347. The smallest absolute Gasteiger partial charge is 0.246 e. The van der Waals surface area contributed by atoms with Gasteiger partial charge in [0.2, 0.25) is 10.0 Å². The maximum Gasteiger partial charge on any atom is 0.246 e. The van der Waals surface area contributed by atoms with Crippen LogP contribution in [0.5, 0.6) is 0 Å². The van der Waals surface area contributed by atoms with E-state index in [-0.39, 0.29) is 6.04 Å². The van der Waals surface area contributed by atoms with Crippen LogP contribution in [0.4, 0.5) is 0 Å². The molecule has 1 atom stereocenters. The van der Waals surface area contributed by atoms with Crippen molar-refractivity contribution in [1.82, 2.24) is 19.4 Å². The predicted octanol–water partition coefficient (Wildman–Crippen LogP) is 0.0193. The fourth-order valence-electron chi connectivity index (χ4n) is 2.42. The molecule has 1 aliphatic heterocycles. The van der Waals surface area contributed by atoms with Gasteiger partial charge in [-0.15, -0.1) is 0 Å². The summed E-state index contributed by atoms with van der Waals surface area (Å²) in [5.74, 6) is 0. The van der Waals surface area contributed by atoms with Crippen LogP contribution in [0.2, 0.25) is 0 Å². The van der Waals surface area contributed by atoms with Crippen LogP contribution in [0, 0.1) is 13.8 Å². The van der Waals surface area contributed by atoms with E-state index in [2.05, 4.69) is 10.4 Å². The lowest BCUT2D eigenvalue weighted by Gasteiger charge is -2.23. The number of aromatic nitrogens is 2. The van der Waals surface area contributed by atoms with Gasteiger partial charge in [0.1, 0.15) is 4.90 Å². The van der Waals surface area contributed by atoms with Gasteiger partial charge in [0.25, 0.3) is 0 Å². The Morgan fingerprint density at radius 1 is 1.44 bits per heavy atom. The van der Waals surface area contributed by atoms with Crippen LogP contribution in [-0.2, 0) is 17.1 Å². The molecule has 102 valence electrons. The molecule has 0 amide bonds. The molecule has 0 spiro atoms. The highest BCUT2D eigenvalue weighted by Crippen LogP contribution is 2.24. The van der Waals surface area contributed by atoms with Gasteiger partial charge in [0.05, 0.1) is 11.4 Å². The molecule has 1 aromatic rings. The highest BCUT2D eigenvalue weighted by molar-refractivity contribution is 7.89. The average molecular weight is 272 g/mol. The van der Waals surface area contributed by atoms with Crippen molar-refractivity contribution in [3.8, 4) is 0 Å². The molecule has 0 bridgehead atoms. The Kier molecular flexibility index (Phi) is 3.48. The maximum atomic E-state index is 12.6. The molecule has 1 saturated heterocycles. The van der Waals surface area contributed by atoms with Gasteiger partial charge in [-0.2, -0.15) is 9.40 Å². The summed E-state index contributed by atoms with van der Waals surface area (Å²) in [5, 5.41) is 7.37. The topological polar surface area (TPSA) is 67.2 Å². The van der Waals surface area contributed by atoms with Crippen molar-refractivity contribution in [2.24, 2.45) is 7.05 Å². The standard InChI is InChI=1S/C11H20N4O2S/c1-8-11(9(2)14(3)13-8)18(16,17)15(4)10-5-6-12-7-10/h10,12H,5-7H2,1-4H3. The van der Waals surface area contributed by atoms with Gasteiger partial charge < -0.3 is 5.32 Å². The quantitative estimate of drug-likeness (QED) is 0.842. The second-order valence-electron chi connectivity index (χ2n) is 4.79. The number of hydrogen-bond acceptors (Lipinski definition) is 4. The molecule has 1 aromatic heterocycles. The van der Waals surface area contributed by atoms with E-state index in [4.69, 9.17) is 0 Å². The lowest BCUT2D eigenvalue weighted by atomic mass is 10.3. The summed E-state index contributed by atoms with van der Waals surface area (Å²) < 4.78 is 28.3. The maximum absolute atomic E-state index is 12.6. The zero-order valence-corrected chi connectivity index (χ0v) is 12.1. The van der Waals surface area contributed by atoms with Crippen LogP contribution in [0.1, 0.15) is 17.8 Å². The molecule has 1 aliphatic rings. The third-order valence-electron chi connectivity index (χ3n) is 3.63. The molecular formula is C11H20N4O2S. The fraction of sp³-hybridized carbons (Fsp3) is 0.727. The van der Waals surface area contributed by atoms with Crippen molar-refractivity contribution in [2.75, 3.05) is 20.1 Å². The summed E-state index contributed by atoms with van der Waals surface area (Å²) in [6.45, 7) is 5.11. The summed E-state index contributed by atoms with van der Waals surface area (Å²) in [6, 6.07) is 0.0361. The first kappa shape index (κ1) is 13.5. The van der Waals surface area contributed by atoms with Crippen LogP contribution >= 0.6 is 0 Å². The molecule has 6 nitrogen and oxygen atoms in total. The monoisotopic (exact) mass is 272 g/mol. The second-order valence-corrected chi connectivity index (χ2v) is 6.73. The van der Waals surface area contributed by atoms with Crippen molar-refractivity contribution in [2.45, 2.75) is 31.2 Å². The molecule has 18 heavy (non-hydrogen) atoms. The summed E-state index contributed by atoms with van der Waals surface area (Å²) in [7, 11) is -0.0389. The Labute approximate surface area is 108 Å². The normalized spacial score (nSPS) is 20.8. The van der Waals surface area contributed by atoms with E-state index < -0.39 is 10.0 Å². The highest BCUT2D eigenvalue weighted by atomic mass is 32.2. The highest BCUT2D eigenvalue weighted by Gasteiger charge is 2.33. The van der Waals surface area contributed by atoms with E-state index in [1.807, 2.05) is 0 Å². The Morgan fingerprint density at radius 2 is 2.11 bits per heavy atom. The number of likely N-dealkylation sites (N-methyl/N-ethyl adjacent to an activating group) is 1. The molecular weight excluding hydrogens is 252 g/mol. The molecule has 0 radical (unpaired) electrons. The van der Waals surface area contributed by atoms with Crippen molar-refractivity contribution in [1.29, 1.82) is 0 Å². The largest absolute Gasteiger partial charge is 0.315 e. The van der Waals surface area contributed by atoms with Crippen molar-refractivity contribution < 1.29 is 8.42 Å². The predicted molar refractivity (Wildman–Crippen MR) is 68.9 cm³/mol. The van der Waals surface area contributed by atoms with E-state index in [9.17, 15) is 8.42 Å². The number of hydrogen-bond donors (Lipinski definition) is 1. The van der Waals surface area contributed by atoms with E-state index in [0.717, 1.165) is 13.0 Å². The third kappa shape index (κ3) is 2.06. The molecule has 0 aromatic carbocycles. The van der Waals surface area contributed by atoms with Gasteiger partial charge in [0, 0.05) is 26.7 Å².